The van der Waals surface area contributed by atoms with E-state index in [2.05, 4.69) is 0 Å². The zero-order chi connectivity index (χ0) is 15.5. The lowest BCUT2D eigenvalue weighted by Gasteiger charge is -2.15. The van der Waals surface area contributed by atoms with Gasteiger partial charge in [-0.15, -0.1) is 0 Å². The van der Waals surface area contributed by atoms with Crippen LogP contribution in [0, 0.1) is 6.92 Å². The van der Waals surface area contributed by atoms with Crippen molar-refractivity contribution in [2.24, 2.45) is 5.73 Å². The van der Waals surface area contributed by atoms with Crippen molar-refractivity contribution < 1.29 is 17.9 Å². The summed E-state index contributed by atoms with van der Waals surface area (Å²) in [4.78, 5) is 0. The number of ether oxygens (including phenoxy) is 1. The minimum Gasteiger partial charge on any atom is -0.492 e. The van der Waals surface area contributed by atoms with Gasteiger partial charge in [-0.3, -0.25) is 0 Å². The summed E-state index contributed by atoms with van der Waals surface area (Å²) in [5.74, 6) is 0.175. The van der Waals surface area contributed by atoms with Crippen LogP contribution in [0.3, 0.4) is 0 Å². The van der Waals surface area contributed by atoms with E-state index in [0.29, 0.717) is 5.56 Å². The fourth-order valence-corrected chi connectivity index (χ4v) is 1.98. The van der Waals surface area contributed by atoms with E-state index in [0.717, 1.165) is 17.7 Å². The van der Waals surface area contributed by atoms with Gasteiger partial charge in [0, 0.05) is 0 Å². The highest BCUT2D eigenvalue weighted by molar-refractivity contribution is 5.35. The Morgan fingerprint density at radius 1 is 1.10 bits per heavy atom. The molecule has 0 heterocycles. The van der Waals surface area contributed by atoms with Crippen molar-refractivity contribution in [3.8, 4) is 5.75 Å². The maximum Gasteiger partial charge on any atom is 0.416 e. The molecule has 112 valence electrons. The highest BCUT2D eigenvalue weighted by atomic mass is 19.4. The second-order valence-electron chi connectivity index (χ2n) is 4.86. The van der Waals surface area contributed by atoms with Gasteiger partial charge < -0.3 is 10.5 Å². The fraction of sp³-hybridized carbons (Fsp3) is 0.250. The van der Waals surface area contributed by atoms with Crippen LogP contribution in [-0.4, -0.2) is 6.61 Å². The van der Waals surface area contributed by atoms with E-state index < -0.39 is 11.7 Å². The lowest BCUT2D eigenvalue weighted by atomic mass is 10.1. The number of alkyl halides is 3. The summed E-state index contributed by atoms with van der Waals surface area (Å²) in [6.07, 6.45) is -4.38. The third-order valence-corrected chi connectivity index (χ3v) is 3.04. The lowest BCUT2D eigenvalue weighted by molar-refractivity contribution is -0.137. The number of benzene rings is 2. The lowest BCUT2D eigenvalue weighted by Crippen LogP contribution is -2.19. The predicted octanol–water partition coefficient (Wildman–Crippen LogP) is 4.09. The quantitative estimate of drug-likeness (QED) is 0.922. The molecule has 2 aromatic rings. The van der Waals surface area contributed by atoms with E-state index in [-0.39, 0.29) is 18.4 Å². The van der Waals surface area contributed by atoms with Gasteiger partial charge in [0.2, 0.25) is 0 Å². The summed E-state index contributed by atoms with van der Waals surface area (Å²) in [6.45, 7) is 1.71. The first-order valence-corrected chi connectivity index (χ1v) is 6.48. The molecule has 2 N–H and O–H groups in total. The van der Waals surface area contributed by atoms with E-state index in [1.54, 1.807) is 13.0 Å². The van der Waals surface area contributed by atoms with Gasteiger partial charge in [0.1, 0.15) is 12.4 Å². The minimum atomic E-state index is -4.38. The maximum atomic E-state index is 12.7. The summed E-state index contributed by atoms with van der Waals surface area (Å²) >= 11 is 0. The Morgan fingerprint density at radius 2 is 1.76 bits per heavy atom. The molecular formula is C16H16F3NO. The van der Waals surface area contributed by atoms with Crippen molar-refractivity contribution in [1.82, 2.24) is 0 Å². The van der Waals surface area contributed by atoms with E-state index >= 15 is 0 Å². The molecule has 2 aromatic carbocycles. The molecule has 0 saturated carbocycles. The number of halogens is 3. The molecule has 5 heteroatoms. The molecule has 1 unspecified atom stereocenters. The monoisotopic (exact) mass is 295 g/mol. The van der Waals surface area contributed by atoms with Crippen molar-refractivity contribution >= 4 is 0 Å². The molecular weight excluding hydrogens is 279 g/mol. The predicted molar refractivity (Wildman–Crippen MR) is 75.0 cm³/mol. The summed E-state index contributed by atoms with van der Waals surface area (Å²) in [5.41, 5.74) is 6.61. The van der Waals surface area contributed by atoms with E-state index in [1.165, 1.54) is 0 Å². The molecule has 0 aromatic heterocycles. The Balaban J connectivity index is 2.08. The van der Waals surface area contributed by atoms with E-state index in [9.17, 15) is 13.2 Å². The number of rotatable bonds is 4. The van der Waals surface area contributed by atoms with Crippen LogP contribution in [0.1, 0.15) is 22.7 Å². The van der Waals surface area contributed by atoms with Crippen molar-refractivity contribution in [3.05, 3.63) is 65.2 Å². The van der Waals surface area contributed by atoms with Crippen LogP contribution in [0.2, 0.25) is 0 Å². The number of hydrogen-bond acceptors (Lipinski definition) is 2. The molecule has 0 fully saturated rings. The largest absolute Gasteiger partial charge is 0.492 e. The third-order valence-electron chi connectivity index (χ3n) is 3.04. The molecule has 0 aliphatic carbocycles. The van der Waals surface area contributed by atoms with E-state index in [4.69, 9.17) is 10.5 Å². The highest BCUT2D eigenvalue weighted by Crippen LogP contribution is 2.32. The highest BCUT2D eigenvalue weighted by Gasteiger charge is 2.31. The van der Waals surface area contributed by atoms with Crippen LogP contribution in [-0.2, 0) is 6.18 Å². The topological polar surface area (TPSA) is 35.2 Å². The average Bonchev–Trinajstić information content (AvgIpc) is 2.44. The Bertz CT molecular complexity index is 596. The molecule has 0 radical (unpaired) electrons. The summed E-state index contributed by atoms with van der Waals surface area (Å²) < 4.78 is 43.6. The Hall–Kier alpha value is -2.01. The smallest absolute Gasteiger partial charge is 0.416 e. The molecule has 0 saturated heterocycles. The first-order valence-electron chi connectivity index (χ1n) is 6.48. The Morgan fingerprint density at radius 3 is 2.38 bits per heavy atom. The van der Waals surface area contributed by atoms with Crippen LogP contribution in [0.4, 0.5) is 13.2 Å². The van der Waals surface area contributed by atoms with E-state index in [1.807, 2.05) is 30.3 Å². The molecule has 0 amide bonds. The summed E-state index contributed by atoms with van der Waals surface area (Å²) in [6, 6.07) is 12.5. The summed E-state index contributed by atoms with van der Waals surface area (Å²) in [7, 11) is 0. The van der Waals surface area contributed by atoms with Gasteiger partial charge in [-0.1, -0.05) is 30.3 Å². The van der Waals surface area contributed by atoms with Crippen molar-refractivity contribution in [2.75, 3.05) is 6.61 Å². The normalized spacial score (nSPS) is 13.0. The average molecular weight is 295 g/mol. The van der Waals surface area contributed by atoms with Crippen molar-refractivity contribution in [3.63, 3.8) is 0 Å². The molecule has 2 nitrogen and oxygen atoms in total. The molecule has 2 rings (SSSR count). The van der Waals surface area contributed by atoms with Crippen LogP contribution in [0.5, 0.6) is 5.75 Å². The fourth-order valence-electron chi connectivity index (χ4n) is 1.98. The number of nitrogens with two attached hydrogens (primary N) is 1. The number of aryl methyl sites for hydroxylation is 1. The van der Waals surface area contributed by atoms with Crippen molar-refractivity contribution in [1.29, 1.82) is 0 Å². The zero-order valence-electron chi connectivity index (χ0n) is 11.5. The van der Waals surface area contributed by atoms with Crippen LogP contribution >= 0.6 is 0 Å². The first-order chi connectivity index (χ1) is 9.86. The number of hydrogen-bond donors (Lipinski definition) is 1. The standard InChI is InChI=1S/C16H16F3NO/c1-11-7-13(16(17,18)19)9-14(8-11)21-10-15(20)12-5-3-2-4-6-12/h2-9,15H,10,20H2,1H3. The van der Waals surface area contributed by atoms with Gasteiger partial charge in [-0.05, 0) is 36.2 Å². The molecule has 21 heavy (non-hydrogen) atoms. The van der Waals surface area contributed by atoms with Gasteiger partial charge >= 0.3 is 6.18 Å². The van der Waals surface area contributed by atoms with Gasteiger partial charge in [-0.2, -0.15) is 13.2 Å². The van der Waals surface area contributed by atoms with Gasteiger partial charge in [0.15, 0.2) is 0 Å². The third kappa shape index (κ3) is 4.23. The molecule has 1 atom stereocenters. The van der Waals surface area contributed by atoms with Gasteiger partial charge in [0.05, 0.1) is 11.6 Å². The Kier molecular flexibility index (Phi) is 4.53. The van der Waals surface area contributed by atoms with Crippen LogP contribution in [0.25, 0.3) is 0 Å². The molecule has 0 bridgehead atoms. The van der Waals surface area contributed by atoms with Gasteiger partial charge in [-0.25, -0.2) is 0 Å². The molecule has 0 aliphatic heterocycles. The van der Waals surface area contributed by atoms with Crippen LogP contribution < -0.4 is 10.5 Å². The van der Waals surface area contributed by atoms with Crippen LogP contribution in [0.15, 0.2) is 48.5 Å². The van der Waals surface area contributed by atoms with Crippen molar-refractivity contribution in [2.45, 2.75) is 19.1 Å². The maximum absolute atomic E-state index is 12.7. The second kappa shape index (κ2) is 6.18. The second-order valence-corrected chi connectivity index (χ2v) is 4.86. The first kappa shape index (κ1) is 15.4. The SMILES string of the molecule is Cc1cc(OCC(N)c2ccccc2)cc(C(F)(F)F)c1. The Labute approximate surface area is 121 Å². The summed E-state index contributed by atoms with van der Waals surface area (Å²) in [5, 5.41) is 0. The van der Waals surface area contributed by atoms with Gasteiger partial charge in [0.25, 0.3) is 0 Å². The zero-order valence-corrected chi connectivity index (χ0v) is 11.5. The minimum absolute atomic E-state index is 0.116. The molecule has 0 spiro atoms. The molecule has 0 aliphatic rings.